The Morgan fingerprint density at radius 2 is 1.41 bits per heavy atom. The molecule has 2 heterocycles. The van der Waals surface area contributed by atoms with E-state index in [9.17, 15) is 0 Å². The zero-order chi connectivity index (χ0) is 28.1. The number of fused-ring (bicyclic) bond motifs is 1. The summed E-state index contributed by atoms with van der Waals surface area (Å²) in [6.45, 7) is 4.96. The summed E-state index contributed by atoms with van der Waals surface area (Å²) in [6.07, 6.45) is 2.67. The first kappa shape index (κ1) is 26.8. The molecule has 5 aromatic rings. The first-order chi connectivity index (χ1) is 20.1. The Hall–Kier alpha value is -4.40. The highest BCUT2D eigenvalue weighted by atomic mass is 19.1. The van der Waals surface area contributed by atoms with Gasteiger partial charge in [-0.2, -0.15) is 4.98 Å². The summed E-state index contributed by atoms with van der Waals surface area (Å²) in [5.41, 5.74) is 2.46. The third kappa shape index (κ3) is 5.75. The van der Waals surface area contributed by atoms with Crippen molar-refractivity contribution < 1.29 is 18.6 Å². The lowest BCUT2D eigenvalue weighted by Crippen LogP contribution is -2.40. The van der Waals surface area contributed by atoms with E-state index in [1.807, 2.05) is 95.6 Å². The van der Waals surface area contributed by atoms with Crippen LogP contribution in [0.25, 0.3) is 11.2 Å². The minimum Gasteiger partial charge on any atom is -0.471 e. The van der Waals surface area contributed by atoms with Crippen molar-refractivity contribution in [3.63, 3.8) is 0 Å². The van der Waals surface area contributed by atoms with Crippen molar-refractivity contribution in [3.05, 3.63) is 132 Å². The molecule has 41 heavy (non-hydrogen) atoms. The van der Waals surface area contributed by atoms with Gasteiger partial charge < -0.3 is 18.8 Å². The minimum atomic E-state index is -1.91. The zero-order valence-electron chi connectivity index (χ0n) is 22.6. The molecule has 0 bridgehead atoms. The van der Waals surface area contributed by atoms with Crippen molar-refractivity contribution in [2.45, 2.75) is 44.1 Å². The van der Waals surface area contributed by atoms with Gasteiger partial charge in [-0.15, -0.1) is 0 Å². The van der Waals surface area contributed by atoms with Gasteiger partial charge in [-0.05, 0) is 22.3 Å². The summed E-state index contributed by atoms with van der Waals surface area (Å²) in [5, 5.41) is 0. The van der Waals surface area contributed by atoms with Crippen LogP contribution in [-0.2, 0) is 29.3 Å². The maximum absolute atomic E-state index is 17.0. The van der Waals surface area contributed by atoms with Crippen molar-refractivity contribution in [2.75, 3.05) is 6.61 Å². The Bertz CT molecular complexity index is 1600. The summed E-state index contributed by atoms with van der Waals surface area (Å²) in [6, 6.07) is 28.9. The standard InChI is InChI=1S/C33H31FN4O3/c1-24-28(38-23-37-30-31(38)35-22-36-32(30)41-20-27-15-9-4-10-16-27)17-29(40-19-26-13-7-3-8-14-26)33(24,34)21-39-18-25-11-5-2-6-12-25/h2-16,22-23,28-29H,1,17-21H2/t28?,29-,33-/m0/s1. The normalized spacial score (nSPS) is 20.5. The van der Waals surface area contributed by atoms with Crippen molar-refractivity contribution in [1.29, 1.82) is 0 Å². The first-order valence-corrected chi connectivity index (χ1v) is 13.6. The van der Waals surface area contributed by atoms with E-state index < -0.39 is 17.8 Å². The van der Waals surface area contributed by atoms with E-state index in [0.717, 1.165) is 16.7 Å². The minimum absolute atomic E-state index is 0.177. The van der Waals surface area contributed by atoms with E-state index in [2.05, 4.69) is 21.5 Å². The summed E-state index contributed by atoms with van der Waals surface area (Å²) >= 11 is 0. The van der Waals surface area contributed by atoms with Gasteiger partial charge in [-0.25, -0.2) is 14.4 Å². The molecule has 208 valence electrons. The number of imidazole rings is 1. The van der Waals surface area contributed by atoms with Gasteiger partial charge in [-0.3, -0.25) is 0 Å². The van der Waals surface area contributed by atoms with Crippen LogP contribution in [0.2, 0.25) is 0 Å². The smallest absolute Gasteiger partial charge is 0.245 e. The Labute approximate surface area is 238 Å². The van der Waals surface area contributed by atoms with E-state index >= 15 is 4.39 Å². The Morgan fingerprint density at radius 3 is 2.07 bits per heavy atom. The summed E-state index contributed by atoms with van der Waals surface area (Å²) in [5.74, 6) is 0.371. The van der Waals surface area contributed by atoms with E-state index in [1.165, 1.54) is 6.33 Å². The molecule has 0 N–H and O–H groups in total. The van der Waals surface area contributed by atoms with Crippen LogP contribution in [0.3, 0.4) is 0 Å². The molecule has 8 heteroatoms. The second-order valence-electron chi connectivity index (χ2n) is 10.2. The molecule has 1 aliphatic rings. The molecule has 1 unspecified atom stereocenters. The molecule has 1 fully saturated rings. The summed E-state index contributed by atoms with van der Waals surface area (Å²) in [4.78, 5) is 13.3. The van der Waals surface area contributed by atoms with E-state index in [0.29, 0.717) is 42.3 Å². The quantitative estimate of drug-likeness (QED) is 0.177. The summed E-state index contributed by atoms with van der Waals surface area (Å²) in [7, 11) is 0. The molecule has 0 radical (unpaired) electrons. The predicted octanol–water partition coefficient (Wildman–Crippen LogP) is 6.42. The van der Waals surface area contributed by atoms with Crippen LogP contribution in [0.5, 0.6) is 5.88 Å². The van der Waals surface area contributed by atoms with Crippen molar-refractivity contribution in [3.8, 4) is 5.88 Å². The van der Waals surface area contributed by atoms with Crippen LogP contribution in [0.4, 0.5) is 4.39 Å². The molecule has 0 saturated heterocycles. The second kappa shape index (κ2) is 12.0. The maximum atomic E-state index is 17.0. The average Bonchev–Trinajstić information content (AvgIpc) is 3.55. The van der Waals surface area contributed by atoms with Gasteiger partial charge in [0.25, 0.3) is 0 Å². The van der Waals surface area contributed by atoms with E-state index in [1.54, 1.807) is 6.33 Å². The number of hydrogen-bond donors (Lipinski definition) is 0. The number of benzene rings is 3. The average molecular weight is 551 g/mol. The molecule has 3 atom stereocenters. The van der Waals surface area contributed by atoms with Crippen molar-refractivity contribution >= 4 is 11.2 Å². The molecular formula is C33H31FN4O3. The molecule has 2 aromatic heterocycles. The number of alkyl halides is 1. The fourth-order valence-corrected chi connectivity index (χ4v) is 5.24. The number of hydrogen-bond acceptors (Lipinski definition) is 6. The number of nitrogens with zero attached hydrogens (tertiary/aromatic N) is 4. The van der Waals surface area contributed by atoms with E-state index in [-0.39, 0.29) is 13.2 Å². The highest BCUT2D eigenvalue weighted by Crippen LogP contribution is 2.47. The Morgan fingerprint density at radius 1 is 0.805 bits per heavy atom. The third-order valence-corrected chi connectivity index (χ3v) is 7.48. The lowest BCUT2D eigenvalue weighted by molar-refractivity contribution is -0.0763. The fourth-order valence-electron chi connectivity index (χ4n) is 5.24. The van der Waals surface area contributed by atoms with Crippen LogP contribution < -0.4 is 4.74 Å². The molecule has 6 rings (SSSR count). The van der Waals surface area contributed by atoms with Crippen LogP contribution in [-0.4, -0.2) is 37.9 Å². The van der Waals surface area contributed by atoms with Gasteiger partial charge in [0.15, 0.2) is 16.8 Å². The predicted molar refractivity (Wildman–Crippen MR) is 154 cm³/mol. The molecule has 1 saturated carbocycles. The highest BCUT2D eigenvalue weighted by Gasteiger charge is 2.53. The number of aromatic nitrogens is 4. The third-order valence-electron chi connectivity index (χ3n) is 7.48. The Balaban J connectivity index is 1.24. The fraction of sp³-hybridized carbons (Fsp3) is 0.242. The van der Waals surface area contributed by atoms with Crippen molar-refractivity contribution in [1.82, 2.24) is 19.5 Å². The van der Waals surface area contributed by atoms with Crippen molar-refractivity contribution in [2.24, 2.45) is 0 Å². The monoisotopic (exact) mass is 550 g/mol. The number of halogens is 1. The van der Waals surface area contributed by atoms with E-state index in [4.69, 9.17) is 14.2 Å². The zero-order valence-corrected chi connectivity index (χ0v) is 22.6. The molecular weight excluding hydrogens is 519 g/mol. The largest absolute Gasteiger partial charge is 0.471 e. The topological polar surface area (TPSA) is 71.3 Å². The molecule has 1 aliphatic carbocycles. The molecule has 0 aliphatic heterocycles. The lowest BCUT2D eigenvalue weighted by atomic mass is 9.98. The SMILES string of the molecule is C=C1C(n2cnc3c(OCc4ccccc4)ncnc32)C[C@H](OCc2ccccc2)[C@]1(F)COCc1ccccc1. The van der Waals surface area contributed by atoms with Crippen LogP contribution >= 0.6 is 0 Å². The van der Waals surface area contributed by atoms with Crippen LogP contribution in [0, 0.1) is 0 Å². The first-order valence-electron chi connectivity index (χ1n) is 13.6. The molecule has 7 nitrogen and oxygen atoms in total. The molecule has 3 aromatic carbocycles. The van der Waals surface area contributed by atoms with Gasteiger partial charge in [0, 0.05) is 6.42 Å². The second-order valence-corrected chi connectivity index (χ2v) is 10.2. The summed E-state index contributed by atoms with van der Waals surface area (Å²) < 4.78 is 36.9. The van der Waals surface area contributed by atoms with Gasteiger partial charge in [0.05, 0.1) is 32.2 Å². The van der Waals surface area contributed by atoms with Gasteiger partial charge >= 0.3 is 0 Å². The van der Waals surface area contributed by atoms with Gasteiger partial charge in [0.2, 0.25) is 5.88 Å². The highest BCUT2D eigenvalue weighted by molar-refractivity contribution is 5.76. The van der Waals surface area contributed by atoms with Gasteiger partial charge in [0.1, 0.15) is 19.0 Å². The molecule has 0 amide bonds. The number of rotatable bonds is 11. The van der Waals surface area contributed by atoms with Gasteiger partial charge in [-0.1, -0.05) is 97.6 Å². The van der Waals surface area contributed by atoms with Crippen LogP contribution in [0.1, 0.15) is 29.2 Å². The maximum Gasteiger partial charge on any atom is 0.245 e. The van der Waals surface area contributed by atoms with Crippen LogP contribution in [0.15, 0.2) is 116 Å². The Kier molecular flexibility index (Phi) is 7.84. The lowest BCUT2D eigenvalue weighted by Gasteiger charge is -2.28. The molecule has 0 spiro atoms. The number of ether oxygens (including phenoxy) is 3.